The van der Waals surface area contributed by atoms with Crippen LogP contribution in [0.15, 0.2) is 21.6 Å². The maximum Gasteiger partial charge on any atom is 0.267 e. The number of aromatic nitrogens is 3. The highest BCUT2D eigenvalue weighted by atomic mass is 32.2. The largest absolute Gasteiger partial charge is 0.361 e. The van der Waals surface area contributed by atoms with Crippen LogP contribution in [-0.2, 0) is 25.3 Å². The Hall–Kier alpha value is -1.60. The fraction of sp³-hybridized carbons (Fsp3) is 0.611. The Morgan fingerprint density at radius 1 is 1.32 bits per heavy atom. The van der Waals surface area contributed by atoms with Crippen molar-refractivity contribution in [2.45, 2.75) is 44.0 Å². The van der Waals surface area contributed by atoms with Crippen molar-refractivity contribution in [3.05, 3.63) is 45.2 Å². The van der Waals surface area contributed by atoms with Crippen molar-refractivity contribution >= 4 is 11.8 Å². The van der Waals surface area contributed by atoms with Gasteiger partial charge in [-0.2, -0.15) is 16.9 Å². The minimum atomic E-state index is 0.0507. The normalized spacial score (nSPS) is 21.1. The molecule has 0 spiro atoms. The van der Waals surface area contributed by atoms with Gasteiger partial charge < -0.3 is 4.52 Å². The first-order valence-corrected chi connectivity index (χ1v) is 10.2. The van der Waals surface area contributed by atoms with Crippen molar-refractivity contribution in [1.82, 2.24) is 19.8 Å². The lowest BCUT2D eigenvalue weighted by molar-refractivity contribution is 0.0759. The first-order valence-electron chi connectivity index (χ1n) is 9.10. The van der Waals surface area contributed by atoms with E-state index < -0.39 is 0 Å². The van der Waals surface area contributed by atoms with E-state index in [1.165, 1.54) is 18.4 Å². The molecule has 1 aliphatic carbocycles. The third kappa shape index (κ3) is 3.15. The molecular weight excluding hydrogens is 336 g/mol. The molecule has 0 radical (unpaired) electrons. The van der Waals surface area contributed by atoms with E-state index in [1.54, 1.807) is 10.7 Å². The highest BCUT2D eigenvalue weighted by Crippen LogP contribution is 2.42. The van der Waals surface area contributed by atoms with Crippen LogP contribution in [0.5, 0.6) is 0 Å². The number of rotatable bonds is 5. The Kier molecular flexibility index (Phi) is 3.93. The lowest BCUT2D eigenvalue weighted by atomic mass is 9.99. The third-order valence-electron chi connectivity index (χ3n) is 5.39. The van der Waals surface area contributed by atoms with Crippen molar-refractivity contribution < 1.29 is 4.52 Å². The van der Waals surface area contributed by atoms with Gasteiger partial charge in [-0.25, -0.2) is 4.68 Å². The van der Waals surface area contributed by atoms with E-state index in [0.717, 1.165) is 61.1 Å². The molecule has 0 aromatic carbocycles. The van der Waals surface area contributed by atoms with Crippen molar-refractivity contribution in [3.8, 4) is 0 Å². The number of aryl methyl sites for hydroxylation is 1. The molecule has 2 aromatic rings. The van der Waals surface area contributed by atoms with Crippen LogP contribution in [0, 0.1) is 5.92 Å². The Morgan fingerprint density at radius 2 is 2.20 bits per heavy atom. The highest BCUT2D eigenvalue weighted by Gasteiger charge is 2.33. The van der Waals surface area contributed by atoms with Crippen LogP contribution in [0.4, 0.5) is 0 Å². The van der Waals surface area contributed by atoms with Gasteiger partial charge in [0.25, 0.3) is 5.56 Å². The van der Waals surface area contributed by atoms with Crippen molar-refractivity contribution in [3.63, 3.8) is 0 Å². The van der Waals surface area contributed by atoms with E-state index in [0.29, 0.717) is 11.8 Å². The molecule has 25 heavy (non-hydrogen) atoms. The van der Waals surface area contributed by atoms with Crippen LogP contribution in [0.2, 0.25) is 0 Å². The second-order valence-electron chi connectivity index (χ2n) is 7.49. The SMILES string of the molecule is O=c1cc2c(nn1CC1CN(Cc3cnoc3C3CC3)C1)CCSC2. The number of hydrogen-bond acceptors (Lipinski definition) is 6. The van der Waals surface area contributed by atoms with E-state index >= 15 is 0 Å². The lowest BCUT2D eigenvalue weighted by Gasteiger charge is -2.39. The summed E-state index contributed by atoms with van der Waals surface area (Å²) in [5.41, 5.74) is 3.54. The Bertz CT molecular complexity index is 836. The van der Waals surface area contributed by atoms with E-state index in [4.69, 9.17) is 4.52 Å². The smallest absolute Gasteiger partial charge is 0.267 e. The Morgan fingerprint density at radius 3 is 3.04 bits per heavy atom. The van der Waals surface area contributed by atoms with Crippen LogP contribution in [0.3, 0.4) is 0 Å². The van der Waals surface area contributed by atoms with Gasteiger partial charge >= 0.3 is 0 Å². The average molecular weight is 358 g/mol. The lowest BCUT2D eigenvalue weighted by Crippen LogP contribution is -2.49. The number of thioether (sulfide) groups is 1. The summed E-state index contributed by atoms with van der Waals surface area (Å²) >= 11 is 1.88. The molecule has 6 nitrogen and oxygen atoms in total. The first-order chi connectivity index (χ1) is 12.3. The minimum Gasteiger partial charge on any atom is -0.361 e. The van der Waals surface area contributed by atoms with Crippen molar-refractivity contribution in [1.29, 1.82) is 0 Å². The molecule has 4 heterocycles. The van der Waals surface area contributed by atoms with Crippen LogP contribution in [0.1, 0.15) is 41.3 Å². The highest BCUT2D eigenvalue weighted by molar-refractivity contribution is 7.98. The summed E-state index contributed by atoms with van der Waals surface area (Å²) in [6, 6.07) is 1.80. The zero-order chi connectivity index (χ0) is 16.8. The molecule has 7 heteroatoms. The minimum absolute atomic E-state index is 0.0507. The summed E-state index contributed by atoms with van der Waals surface area (Å²) in [7, 11) is 0. The summed E-state index contributed by atoms with van der Waals surface area (Å²) < 4.78 is 7.10. The van der Waals surface area contributed by atoms with E-state index in [-0.39, 0.29) is 5.56 Å². The molecule has 2 aliphatic heterocycles. The third-order valence-corrected chi connectivity index (χ3v) is 6.39. The summed E-state index contributed by atoms with van der Waals surface area (Å²) in [6.07, 6.45) is 5.31. The van der Waals surface area contributed by atoms with E-state index in [1.807, 2.05) is 18.0 Å². The molecule has 3 aliphatic rings. The molecule has 5 rings (SSSR count). The molecule has 1 saturated heterocycles. The molecule has 0 N–H and O–H groups in total. The van der Waals surface area contributed by atoms with Gasteiger partial charge in [-0.1, -0.05) is 5.16 Å². The maximum absolute atomic E-state index is 12.3. The fourth-order valence-electron chi connectivity index (χ4n) is 3.86. The molecule has 2 fully saturated rings. The Labute approximate surface area is 150 Å². The molecule has 0 amide bonds. The zero-order valence-corrected chi connectivity index (χ0v) is 15.0. The van der Waals surface area contributed by atoms with Crippen LogP contribution in [0.25, 0.3) is 0 Å². The van der Waals surface area contributed by atoms with Crippen LogP contribution >= 0.6 is 11.8 Å². The summed E-state index contributed by atoms with van der Waals surface area (Å²) in [5.74, 6) is 4.24. The standard InChI is InChI=1S/C18H22N4O2S/c23-17-5-14-11-25-4-3-16(14)20-22(17)9-12-7-21(8-12)10-15-6-19-24-18(15)13-1-2-13/h5-6,12-13H,1-4,7-11H2. The van der Waals surface area contributed by atoms with Crippen molar-refractivity contribution in [2.24, 2.45) is 5.92 Å². The molecule has 132 valence electrons. The van der Waals surface area contributed by atoms with E-state index in [9.17, 15) is 4.79 Å². The summed E-state index contributed by atoms with van der Waals surface area (Å²) in [6.45, 7) is 3.66. The van der Waals surface area contributed by atoms with Gasteiger partial charge in [0.2, 0.25) is 0 Å². The number of hydrogen-bond donors (Lipinski definition) is 0. The quantitative estimate of drug-likeness (QED) is 0.815. The van der Waals surface area contributed by atoms with Gasteiger partial charge in [-0.15, -0.1) is 0 Å². The zero-order valence-electron chi connectivity index (χ0n) is 14.2. The second kappa shape index (κ2) is 6.29. The fourth-order valence-corrected chi connectivity index (χ4v) is 4.81. The summed E-state index contributed by atoms with van der Waals surface area (Å²) in [5, 5.41) is 8.60. The molecule has 2 aromatic heterocycles. The molecule has 0 unspecified atom stereocenters. The van der Waals surface area contributed by atoms with Gasteiger partial charge in [0.05, 0.1) is 18.4 Å². The molecule has 0 atom stereocenters. The van der Waals surface area contributed by atoms with Crippen molar-refractivity contribution in [2.75, 3.05) is 18.8 Å². The maximum atomic E-state index is 12.3. The van der Waals surface area contributed by atoms with Gasteiger partial charge in [-0.3, -0.25) is 9.69 Å². The van der Waals surface area contributed by atoms with Crippen LogP contribution in [-0.4, -0.2) is 38.7 Å². The predicted molar refractivity (Wildman–Crippen MR) is 95.6 cm³/mol. The monoisotopic (exact) mass is 358 g/mol. The second-order valence-corrected chi connectivity index (χ2v) is 8.59. The number of nitrogens with zero attached hydrogens (tertiary/aromatic N) is 4. The van der Waals surface area contributed by atoms with Gasteiger partial charge in [0.1, 0.15) is 5.76 Å². The first kappa shape index (κ1) is 15.6. The topological polar surface area (TPSA) is 64.2 Å². The number of likely N-dealkylation sites (tertiary alicyclic amines) is 1. The predicted octanol–water partition coefficient (Wildman–Crippen LogP) is 2.03. The average Bonchev–Trinajstić information content (AvgIpc) is 3.32. The molecular formula is C18H22N4O2S. The molecule has 0 bridgehead atoms. The number of fused-ring (bicyclic) bond motifs is 1. The Balaban J connectivity index is 1.20. The van der Waals surface area contributed by atoms with Crippen LogP contribution < -0.4 is 5.56 Å². The van der Waals surface area contributed by atoms with E-state index in [2.05, 4.69) is 15.2 Å². The van der Waals surface area contributed by atoms with Gasteiger partial charge in [0.15, 0.2) is 0 Å². The van der Waals surface area contributed by atoms with Gasteiger partial charge in [0, 0.05) is 55.3 Å². The summed E-state index contributed by atoms with van der Waals surface area (Å²) in [4.78, 5) is 14.7. The van der Waals surface area contributed by atoms with Gasteiger partial charge in [-0.05, 0) is 24.2 Å². The molecule has 1 saturated carbocycles.